The first-order valence-electron chi connectivity index (χ1n) is 4.61. The van der Waals surface area contributed by atoms with Gasteiger partial charge in [-0.2, -0.15) is 0 Å². The molecule has 15 heavy (non-hydrogen) atoms. The first-order valence-corrected chi connectivity index (χ1v) is 4.99. The molecule has 0 spiro atoms. The molecule has 78 valence electrons. The van der Waals surface area contributed by atoms with Crippen LogP contribution in [0.2, 0.25) is 5.02 Å². The molecule has 0 bridgehead atoms. The molecule has 1 aromatic heterocycles. The molecule has 0 aliphatic rings. The summed E-state index contributed by atoms with van der Waals surface area (Å²) in [5, 5.41) is 3.67. The molecule has 0 aliphatic heterocycles. The number of hydrogen-bond acceptors (Lipinski definition) is 1. The smallest absolute Gasteiger partial charge is 0.269 e. The van der Waals surface area contributed by atoms with E-state index in [0.29, 0.717) is 10.6 Å². The Bertz CT molecular complexity index is 554. The predicted molar refractivity (Wildman–Crippen MR) is 61.2 cm³/mol. The summed E-state index contributed by atoms with van der Waals surface area (Å²) in [4.78, 5) is 11.5. The van der Waals surface area contributed by atoms with E-state index in [0.717, 1.165) is 11.3 Å². The van der Waals surface area contributed by atoms with Crippen LogP contribution >= 0.6 is 11.6 Å². The lowest BCUT2D eigenvalue weighted by atomic mass is 10.1. The minimum absolute atomic E-state index is 0.00928. The number of rotatable bonds is 1. The van der Waals surface area contributed by atoms with Crippen molar-refractivity contribution in [3.05, 3.63) is 45.2 Å². The molecule has 0 atom stereocenters. The van der Waals surface area contributed by atoms with Crippen LogP contribution in [0, 0.1) is 6.92 Å². The summed E-state index contributed by atoms with van der Waals surface area (Å²) < 4.78 is 1.46. The lowest BCUT2D eigenvalue weighted by Crippen LogP contribution is -2.12. The van der Waals surface area contributed by atoms with Crippen LogP contribution in [0.1, 0.15) is 5.56 Å². The second-order valence-corrected chi connectivity index (χ2v) is 3.92. The highest BCUT2D eigenvalue weighted by Crippen LogP contribution is 2.22. The van der Waals surface area contributed by atoms with Crippen molar-refractivity contribution in [2.75, 3.05) is 0 Å². The van der Waals surface area contributed by atoms with E-state index in [1.54, 1.807) is 20.0 Å². The molecular weight excluding hydrogens is 212 g/mol. The van der Waals surface area contributed by atoms with Crippen LogP contribution in [0.3, 0.4) is 0 Å². The fourth-order valence-electron chi connectivity index (χ4n) is 1.59. The number of aromatic amines is 1. The van der Waals surface area contributed by atoms with Crippen molar-refractivity contribution < 1.29 is 0 Å². The van der Waals surface area contributed by atoms with E-state index in [9.17, 15) is 4.79 Å². The van der Waals surface area contributed by atoms with Crippen molar-refractivity contribution in [3.8, 4) is 11.3 Å². The van der Waals surface area contributed by atoms with Gasteiger partial charge in [0.1, 0.15) is 0 Å². The molecule has 4 heteroatoms. The van der Waals surface area contributed by atoms with E-state index in [4.69, 9.17) is 11.6 Å². The summed E-state index contributed by atoms with van der Waals surface area (Å²) in [6.07, 6.45) is 0. The van der Waals surface area contributed by atoms with Crippen LogP contribution in [-0.4, -0.2) is 9.78 Å². The molecule has 1 N–H and O–H groups in total. The van der Waals surface area contributed by atoms with E-state index in [1.807, 2.05) is 18.2 Å². The van der Waals surface area contributed by atoms with Gasteiger partial charge in [-0.15, -0.1) is 0 Å². The molecule has 3 nitrogen and oxygen atoms in total. The zero-order valence-electron chi connectivity index (χ0n) is 8.54. The number of aromatic nitrogens is 2. The highest BCUT2D eigenvalue weighted by Gasteiger charge is 2.09. The monoisotopic (exact) mass is 222 g/mol. The average molecular weight is 223 g/mol. The molecule has 0 saturated carbocycles. The van der Waals surface area contributed by atoms with Crippen molar-refractivity contribution in [1.82, 2.24) is 9.78 Å². The number of nitrogens with zero attached hydrogens (tertiary/aromatic N) is 1. The standard InChI is InChI=1S/C11H11ClN2O/c1-7-10(13-14(2)11(7)15)8-4-3-5-9(12)6-8/h3-6,13H,1-2H3. The Morgan fingerprint density at radius 1 is 1.40 bits per heavy atom. The van der Waals surface area contributed by atoms with Gasteiger partial charge in [-0.3, -0.25) is 14.6 Å². The second kappa shape index (κ2) is 3.59. The highest BCUT2D eigenvalue weighted by molar-refractivity contribution is 6.30. The van der Waals surface area contributed by atoms with Gasteiger partial charge in [0.2, 0.25) is 0 Å². The van der Waals surface area contributed by atoms with E-state index in [1.165, 1.54) is 4.68 Å². The number of benzene rings is 1. The SMILES string of the molecule is Cc1c(-c2cccc(Cl)c2)[nH]n(C)c1=O. The normalized spacial score (nSPS) is 10.6. The molecule has 0 unspecified atom stereocenters. The quantitative estimate of drug-likeness (QED) is 0.790. The summed E-state index contributed by atoms with van der Waals surface area (Å²) in [6, 6.07) is 7.42. The highest BCUT2D eigenvalue weighted by atomic mass is 35.5. The fraction of sp³-hybridized carbons (Fsp3) is 0.182. The lowest BCUT2D eigenvalue weighted by Gasteiger charge is -1.99. The summed E-state index contributed by atoms with van der Waals surface area (Å²) >= 11 is 5.89. The molecule has 2 aromatic rings. The lowest BCUT2D eigenvalue weighted by molar-refractivity contribution is 0.741. The largest absolute Gasteiger partial charge is 0.295 e. The van der Waals surface area contributed by atoms with Gasteiger partial charge in [-0.25, -0.2) is 0 Å². The van der Waals surface area contributed by atoms with Gasteiger partial charge in [0, 0.05) is 23.2 Å². The van der Waals surface area contributed by atoms with Crippen LogP contribution in [0.15, 0.2) is 29.1 Å². The van der Waals surface area contributed by atoms with E-state index >= 15 is 0 Å². The van der Waals surface area contributed by atoms with Gasteiger partial charge in [0.15, 0.2) is 0 Å². The Balaban J connectivity index is 2.64. The maximum absolute atomic E-state index is 11.5. The molecule has 0 aliphatic carbocycles. The topological polar surface area (TPSA) is 37.8 Å². The summed E-state index contributed by atoms with van der Waals surface area (Å²) in [5.74, 6) is 0. The number of aryl methyl sites for hydroxylation is 1. The maximum atomic E-state index is 11.5. The number of nitrogens with one attached hydrogen (secondary N) is 1. The van der Waals surface area contributed by atoms with E-state index < -0.39 is 0 Å². The molecule has 0 fully saturated rings. The van der Waals surface area contributed by atoms with E-state index in [2.05, 4.69) is 5.10 Å². The zero-order valence-corrected chi connectivity index (χ0v) is 9.30. The molecule has 0 amide bonds. The Hall–Kier alpha value is -1.48. The van der Waals surface area contributed by atoms with Crippen molar-refractivity contribution in [2.24, 2.45) is 7.05 Å². The number of halogens is 1. The van der Waals surface area contributed by atoms with Gasteiger partial charge in [-0.05, 0) is 19.1 Å². The van der Waals surface area contributed by atoms with Crippen LogP contribution < -0.4 is 5.56 Å². The Morgan fingerprint density at radius 2 is 2.13 bits per heavy atom. The Morgan fingerprint density at radius 3 is 2.67 bits per heavy atom. The first-order chi connectivity index (χ1) is 7.09. The van der Waals surface area contributed by atoms with Crippen molar-refractivity contribution in [3.63, 3.8) is 0 Å². The van der Waals surface area contributed by atoms with Gasteiger partial charge in [-0.1, -0.05) is 23.7 Å². The minimum atomic E-state index is -0.00928. The summed E-state index contributed by atoms with van der Waals surface area (Å²) in [7, 11) is 1.70. The molecule has 0 saturated heterocycles. The average Bonchev–Trinajstić information content (AvgIpc) is 2.46. The Kier molecular flexibility index (Phi) is 2.40. The molecule has 1 heterocycles. The third kappa shape index (κ3) is 1.70. The third-order valence-corrected chi connectivity index (χ3v) is 2.63. The van der Waals surface area contributed by atoms with Crippen LogP contribution in [0.4, 0.5) is 0 Å². The molecule has 0 radical (unpaired) electrons. The first kappa shape index (κ1) is 10.1. The Labute approximate surface area is 92.3 Å². The summed E-state index contributed by atoms with van der Waals surface area (Å²) in [5.41, 5.74) is 2.45. The van der Waals surface area contributed by atoms with Gasteiger partial charge < -0.3 is 0 Å². The zero-order chi connectivity index (χ0) is 11.0. The molecular formula is C11H11ClN2O. The molecule has 2 rings (SSSR count). The second-order valence-electron chi connectivity index (χ2n) is 3.49. The third-order valence-electron chi connectivity index (χ3n) is 2.39. The van der Waals surface area contributed by atoms with Crippen molar-refractivity contribution in [1.29, 1.82) is 0 Å². The van der Waals surface area contributed by atoms with Gasteiger partial charge >= 0.3 is 0 Å². The predicted octanol–water partition coefficient (Wildman–Crippen LogP) is 2.34. The maximum Gasteiger partial charge on any atom is 0.269 e. The van der Waals surface area contributed by atoms with Gasteiger partial charge in [0.05, 0.1) is 5.69 Å². The fourth-order valence-corrected chi connectivity index (χ4v) is 1.78. The van der Waals surface area contributed by atoms with Crippen LogP contribution in [-0.2, 0) is 7.05 Å². The minimum Gasteiger partial charge on any atom is -0.295 e. The van der Waals surface area contributed by atoms with Crippen LogP contribution in [0.25, 0.3) is 11.3 Å². The van der Waals surface area contributed by atoms with Gasteiger partial charge in [0.25, 0.3) is 5.56 Å². The van der Waals surface area contributed by atoms with Crippen molar-refractivity contribution in [2.45, 2.75) is 6.92 Å². The van der Waals surface area contributed by atoms with Crippen LogP contribution in [0.5, 0.6) is 0 Å². The number of hydrogen-bond donors (Lipinski definition) is 1. The van der Waals surface area contributed by atoms with E-state index in [-0.39, 0.29) is 5.56 Å². The molecule has 1 aromatic carbocycles. The summed E-state index contributed by atoms with van der Waals surface area (Å²) in [6.45, 7) is 1.80. The number of H-pyrrole nitrogens is 1. The van der Waals surface area contributed by atoms with Crippen molar-refractivity contribution >= 4 is 11.6 Å².